The maximum Gasteiger partial charge on any atom is 0.228 e. The van der Waals surface area contributed by atoms with Gasteiger partial charge in [0.2, 0.25) is 5.91 Å². The highest BCUT2D eigenvalue weighted by atomic mass is 35.5. The Hall–Kier alpha value is -1.59. The van der Waals surface area contributed by atoms with Crippen molar-refractivity contribution in [2.75, 3.05) is 13.1 Å². The van der Waals surface area contributed by atoms with E-state index in [0.717, 1.165) is 36.0 Å². The number of likely N-dealkylation sites (tertiary alicyclic amines) is 1. The third-order valence-electron chi connectivity index (χ3n) is 3.68. The molecule has 1 amide bonds. The van der Waals surface area contributed by atoms with Crippen LogP contribution in [0.5, 0.6) is 0 Å². The average molecular weight is 295 g/mol. The van der Waals surface area contributed by atoms with Crippen LogP contribution < -0.4 is 5.73 Å². The molecule has 3 N–H and O–H groups in total. The Kier molecular flexibility index (Phi) is 4.62. The molecule has 2 heterocycles. The number of carbonyl (C=O) groups excluding carboxylic acids is 1. The third-order valence-corrected chi connectivity index (χ3v) is 3.68. The standard InChI is InChI=1S/C14H18N4O.ClH/c15-10-4-3-7-18(9-10)14(19)8-13-11-5-1-2-6-12(11)16-17-13;/h1-2,5-6,10H,3-4,7-9,15H2,(H,16,17);1H. The molecular formula is C14H19ClN4O. The first-order valence-electron chi connectivity index (χ1n) is 6.69. The average Bonchev–Trinajstić information content (AvgIpc) is 2.82. The minimum absolute atomic E-state index is 0. The minimum atomic E-state index is 0. The Labute approximate surface area is 123 Å². The summed E-state index contributed by atoms with van der Waals surface area (Å²) in [6.07, 6.45) is 2.38. The Morgan fingerprint density at radius 1 is 1.45 bits per heavy atom. The second-order valence-corrected chi connectivity index (χ2v) is 5.14. The highest BCUT2D eigenvalue weighted by Gasteiger charge is 2.22. The highest BCUT2D eigenvalue weighted by Crippen LogP contribution is 2.17. The number of benzene rings is 1. The highest BCUT2D eigenvalue weighted by molar-refractivity contribution is 5.87. The fraction of sp³-hybridized carbons (Fsp3) is 0.429. The number of para-hydroxylation sites is 1. The summed E-state index contributed by atoms with van der Waals surface area (Å²) in [7, 11) is 0. The molecule has 1 aromatic heterocycles. The number of rotatable bonds is 2. The maximum atomic E-state index is 12.3. The lowest BCUT2D eigenvalue weighted by Crippen LogP contribution is -2.46. The zero-order valence-corrected chi connectivity index (χ0v) is 12.0. The summed E-state index contributed by atoms with van der Waals surface area (Å²) >= 11 is 0. The van der Waals surface area contributed by atoms with Gasteiger partial charge < -0.3 is 10.6 Å². The first-order valence-corrected chi connectivity index (χ1v) is 6.69. The predicted octanol–water partition coefficient (Wildman–Crippen LogP) is 1.48. The first-order chi connectivity index (χ1) is 9.24. The van der Waals surface area contributed by atoms with E-state index in [1.807, 2.05) is 29.2 Å². The van der Waals surface area contributed by atoms with E-state index in [9.17, 15) is 4.79 Å². The van der Waals surface area contributed by atoms with Crippen LogP contribution in [0, 0.1) is 0 Å². The maximum absolute atomic E-state index is 12.3. The number of amides is 1. The monoisotopic (exact) mass is 294 g/mol. The number of halogens is 1. The summed E-state index contributed by atoms with van der Waals surface area (Å²) in [6.45, 7) is 1.49. The van der Waals surface area contributed by atoms with Crippen LogP contribution in [0.4, 0.5) is 0 Å². The summed E-state index contributed by atoms with van der Waals surface area (Å²) in [4.78, 5) is 14.1. The molecule has 2 aromatic rings. The van der Waals surface area contributed by atoms with Gasteiger partial charge in [0.25, 0.3) is 0 Å². The van der Waals surface area contributed by atoms with Crippen molar-refractivity contribution in [3.05, 3.63) is 30.0 Å². The largest absolute Gasteiger partial charge is 0.341 e. The molecule has 1 aliphatic rings. The fourth-order valence-electron chi connectivity index (χ4n) is 2.65. The number of nitrogens with one attached hydrogen (secondary N) is 1. The van der Waals surface area contributed by atoms with E-state index in [1.165, 1.54) is 0 Å². The van der Waals surface area contributed by atoms with Gasteiger partial charge in [-0.15, -0.1) is 12.4 Å². The summed E-state index contributed by atoms with van der Waals surface area (Å²) in [5.74, 6) is 0.129. The van der Waals surface area contributed by atoms with Crippen molar-refractivity contribution >= 4 is 29.2 Å². The summed E-state index contributed by atoms with van der Waals surface area (Å²) in [5.41, 5.74) is 7.70. The molecule has 5 nitrogen and oxygen atoms in total. The van der Waals surface area contributed by atoms with Crippen LogP contribution in [0.3, 0.4) is 0 Å². The van der Waals surface area contributed by atoms with Crippen molar-refractivity contribution in [2.24, 2.45) is 5.73 Å². The molecule has 0 saturated carbocycles. The van der Waals surface area contributed by atoms with Crippen molar-refractivity contribution in [3.63, 3.8) is 0 Å². The molecule has 0 aliphatic carbocycles. The van der Waals surface area contributed by atoms with Crippen molar-refractivity contribution in [1.82, 2.24) is 15.1 Å². The molecular weight excluding hydrogens is 276 g/mol. The quantitative estimate of drug-likeness (QED) is 0.881. The number of carbonyl (C=O) groups is 1. The molecule has 1 unspecified atom stereocenters. The van der Waals surface area contributed by atoms with Crippen LogP contribution in [0.1, 0.15) is 18.5 Å². The smallest absolute Gasteiger partial charge is 0.228 e. The second kappa shape index (κ2) is 6.24. The van der Waals surface area contributed by atoms with Gasteiger partial charge >= 0.3 is 0 Å². The normalized spacial score (nSPS) is 18.9. The molecule has 1 fully saturated rings. The topological polar surface area (TPSA) is 75.0 Å². The zero-order valence-electron chi connectivity index (χ0n) is 11.2. The van der Waals surface area contributed by atoms with Crippen molar-refractivity contribution in [3.8, 4) is 0 Å². The van der Waals surface area contributed by atoms with Gasteiger partial charge in [0.15, 0.2) is 0 Å². The Morgan fingerprint density at radius 2 is 2.25 bits per heavy atom. The minimum Gasteiger partial charge on any atom is -0.341 e. The molecule has 1 atom stereocenters. The van der Waals surface area contributed by atoms with Crippen LogP contribution in [0.2, 0.25) is 0 Å². The summed E-state index contributed by atoms with van der Waals surface area (Å²) < 4.78 is 0. The molecule has 6 heteroatoms. The lowest BCUT2D eigenvalue weighted by atomic mass is 10.1. The van der Waals surface area contributed by atoms with E-state index in [1.54, 1.807) is 0 Å². The van der Waals surface area contributed by atoms with Gasteiger partial charge in [-0.3, -0.25) is 9.89 Å². The van der Waals surface area contributed by atoms with Gasteiger partial charge in [-0.2, -0.15) is 5.10 Å². The first kappa shape index (κ1) is 14.8. The predicted molar refractivity (Wildman–Crippen MR) is 80.8 cm³/mol. The number of hydrogen-bond acceptors (Lipinski definition) is 3. The lowest BCUT2D eigenvalue weighted by molar-refractivity contribution is -0.131. The van der Waals surface area contributed by atoms with E-state index < -0.39 is 0 Å². The molecule has 1 saturated heterocycles. The molecule has 3 rings (SSSR count). The number of nitrogens with zero attached hydrogens (tertiary/aromatic N) is 2. The van der Waals surface area contributed by atoms with Crippen molar-refractivity contribution in [1.29, 1.82) is 0 Å². The molecule has 0 radical (unpaired) electrons. The van der Waals surface area contributed by atoms with Gasteiger partial charge in [0.05, 0.1) is 17.6 Å². The van der Waals surface area contributed by atoms with E-state index >= 15 is 0 Å². The molecule has 108 valence electrons. The summed E-state index contributed by atoms with van der Waals surface area (Å²) in [6, 6.07) is 7.96. The molecule has 20 heavy (non-hydrogen) atoms. The van der Waals surface area contributed by atoms with Crippen LogP contribution in [-0.2, 0) is 11.2 Å². The van der Waals surface area contributed by atoms with Gasteiger partial charge in [0.1, 0.15) is 0 Å². The molecule has 0 bridgehead atoms. The number of nitrogens with two attached hydrogens (primary N) is 1. The lowest BCUT2D eigenvalue weighted by Gasteiger charge is -2.30. The fourth-order valence-corrected chi connectivity index (χ4v) is 2.65. The van der Waals surface area contributed by atoms with Gasteiger partial charge in [-0.05, 0) is 18.9 Å². The summed E-state index contributed by atoms with van der Waals surface area (Å²) in [5, 5.41) is 8.20. The van der Waals surface area contributed by atoms with E-state index in [-0.39, 0.29) is 24.4 Å². The number of piperidine rings is 1. The number of aromatic amines is 1. The van der Waals surface area contributed by atoms with Crippen LogP contribution in [0.15, 0.2) is 24.3 Å². The number of hydrogen-bond donors (Lipinski definition) is 2. The van der Waals surface area contributed by atoms with Crippen LogP contribution in [-0.4, -0.2) is 40.1 Å². The molecule has 0 spiro atoms. The van der Waals surface area contributed by atoms with E-state index in [2.05, 4.69) is 10.2 Å². The van der Waals surface area contributed by atoms with Gasteiger partial charge in [-0.25, -0.2) is 0 Å². The van der Waals surface area contributed by atoms with Crippen molar-refractivity contribution < 1.29 is 4.79 Å². The van der Waals surface area contributed by atoms with Gasteiger partial charge in [0, 0.05) is 24.5 Å². The van der Waals surface area contributed by atoms with Crippen LogP contribution >= 0.6 is 12.4 Å². The second-order valence-electron chi connectivity index (χ2n) is 5.14. The SMILES string of the molecule is Cl.NC1CCCN(C(=O)Cc2[nH]nc3ccccc23)C1. The molecule has 1 aromatic carbocycles. The van der Waals surface area contributed by atoms with Crippen molar-refractivity contribution in [2.45, 2.75) is 25.3 Å². The van der Waals surface area contributed by atoms with Gasteiger partial charge in [-0.1, -0.05) is 18.2 Å². The third kappa shape index (κ3) is 2.94. The Balaban J connectivity index is 0.00000147. The number of aromatic nitrogens is 2. The van der Waals surface area contributed by atoms with E-state index in [4.69, 9.17) is 5.73 Å². The zero-order chi connectivity index (χ0) is 13.2. The number of fused-ring (bicyclic) bond motifs is 1. The molecule has 1 aliphatic heterocycles. The Morgan fingerprint density at radius 3 is 3.05 bits per heavy atom. The Bertz CT molecular complexity index is 598. The number of H-pyrrole nitrogens is 1. The van der Waals surface area contributed by atoms with E-state index in [0.29, 0.717) is 13.0 Å². The van der Waals surface area contributed by atoms with Crippen LogP contribution in [0.25, 0.3) is 10.9 Å².